The van der Waals surface area contributed by atoms with E-state index in [1.807, 2.05) is 48.0 Å². The number of aromatic nitrogens is 1. The van der Waals surface area contributed by atoms with Crippen molar-refractivity contribution in [1.82, 2.24) is 9.47 Å². The Labute approximate surface area is 143 Å². The summed E-state index contributed by atoms with van der Waals surface area (Å²) in [5.74, 6) is 0. The van der Waals surface area contributed by atoms with Crippen LogP contribution in [0, 0.1) is 18.3 Å². The van der Waals surface area contributed by atoms with Crippen LogP contribution in [0.2, 0.25) is 0 Å². The number of likely N-dealkylation sites (tertiary alicyclic amines) is 1. The van der Waals surface area contributed by atoms with Crippen LogP contribution in [-0.2, 0) is 13.6 Å². The SMILES string of the molecule is Cc1c(CN2CCCC2CC(O)c2ccccc2)cc(C#N)n1C. The molecule has 1 aromatic carbocycles. The molecule has 1 saturated heterocycles. The Morgan fingerprint density at radius 1 is 1.33 bits per heavy atom. The van der Waals surface area contributed by atoms with E-state index in [1.54, 1.807) is 0 Å². The zero-order chi connectivity index (χ0) is 17.1. The van der Waals surface area contributed by atoms with Gasteiger partial charge in [0.05, 0.1) is 6.10 Å². The van der Waals surface area contributed by atoms with Gasteiger partial charge in [-0.05, 0) is 49.9 Å². The summed E-state index contributed by atoms with van der Waals surface area (Å²) >= 11 is 0. The van der Waals surface area contributed by atoms with Crippen molar-refractivity contribution in [3.05, 3.63) is 58.9 Å². The molecule has 2 atom stereocenters. The van der Waals surface area contributed by atoms with Crippen LogP contribution in [0.3, 0.4) is 0 Å². The normalized spacial score (nSPS) is 19.3. The van der Waals surface area contributed by atoms with E-state index in [4.69, 9.17) is 0 Å². The van der Waals surface area contributed by atoms with E-state index in [2.05, 4.69) is 17.9 Å². The Balaban J connectivity index is 1.69. The zero-order valence-corrected chi connectivity index (χ0v) is 14.4. The van der Waals surface area contributed by atoms with Crippen molar-refractivity contribution >= 4 is 0 Å². The van der Waals surface area contributed by atoms with Crippen molar-refractivity contribution in [2.75, 3.05) is 6.54 Å². The second-order valence-electron chi connectivity index (χ2n) is 6.74. The Bertz CT molecular complexity index is 729. The third-order valence-corrected chi connectivity index (χ3v) is 5.31. The summed E-state index contributed by atoms with van der Waals surface area (Å²) in [5, 5.41) is 19.7. The highest BCUT2D eigenvalue weighted by Gasteiger charge is 2.28. The molecule has 0 spiro atoms. The fourth-order valence-corrected chi connectivity index (χ4v) is 3.69. The summed E-state index contributed by atoms with van der Waals surface area (Å²) in [6.07, 6.45) is 2.65. The minimum atomic E-state index is -0.414. The predicted molar refractivity (Wildman–Crippen MR) is 94.3 cm³/mol. The largest absolute Gasteiger partial charge is 0.388 e. The molecule has 0 saturated carbocycles. The quantitative estimate of drug-likeness (QED) is 0.918. The van der Waals surface area contributed by atoms with Gasteiger partial charge in [0.25, 0.3) is 0 Å². The van der Waals surface area contributed by atoms with Crippen LogP contribution in [0.1, 0.15) is 47.9 Å². The number of benzene rings is 1. The minimum Gasteiger partial charge on any atom is -0.388 e. The van der Waals surface area contributed by atoms with E-state index >= 15 is 0 Å². The number of aliphatic hydroxyl groups is 1. The second-order valence-corrected chi connectivity index (χ2v) is 6.74. The molecule has 24 heavy (non-hydrogen) atoms. The fourth-order valence-electron chi connectivity index (χ4n) is 3.69. The van der Waals surface area contributed by atoms with Crippen LogP contribution in [0.4, 0.5) is 0 Å². The number of nitrogens with zero attached hydrogens (tertiary/aromatic N) is 3. The van der Waals surface area contributed by atoms with Gasteiger partial charge in [0, 0.05) is 25.3 Å². The molecule has 126 valence electrons. The van der Waals surface area contributed by atoms with Gasteiger partial charge in [-0.1, -0.05) is 30.3 Å². The molecular weight excluding hydrogens is 298 g/mol. The van der Waals surface area contributed by atoms with Crippen molar-refractivity contribution in [3.8, 4) is 6.07 Å². The highest BCUT2D eigenvalue weighted by Crippen LogP contribution is 2.29. The molecule has 1 aromatic heterocycles. The second kappa shape index (κ2) is 7.21. The summed E-state index contributed by atoms with van der Waals surface area (Å²) in [6, 6.07) is 14.5. The van der Waals surface area contributed by atoms with E-state index in [-0.39, 0.29) is 0 Å². The van der Waals surface area contributed by atoms with E-state index in [0.29, 0.717) is 11.7 Å². The Kier molecular flexibility index (Phi) is 5.03. The summed E-state index contributed by atoms with van der Waals surface area (Å²) in [6.45, 7) is 3.98. The van der Waals surface area contributed by atoms with Gasteiger partial charge in [0.2, 0.25) is 0 Å². The number of rotatable bonds is 5. The van der Waals surface area contributed by atoms with Crippen LogP contribution < -0.4 is 0 Å². The standard InChI is InChI=1S/C20H25N3O/c1-15-17(11-19(13-21)22(15)2)14-23-10-6-9-18(23)12-20(24)16-7-4-3-5-8-16/h3-5,7-8,11,18,20,24H,6,9-10,12,14H2,1-2H3. The summed E-state index contributed by atoms with van der Waals surface area (Å²) in [5.41, 5.74) is 4.07. The lowest BCUT2D eigenvalue weighted by atomic mass is 10.0. The van der Waals surface area contributed by atoms with Crippen LogP contribution >= 0.6 is 0 Å². The first-order valence-electron chi connectivity index (χ1n) is 8.62. The third kappa shape index (κ3) is 3.38. The van der Waals surface area contributed by atoms with Crippen LogP contribution in [0.25, 0.3) is 0 Å². The Hall–Kier alpha value is -2.09. The molecule has 0 bridgehead atoms. The molecule has 2 unspecified atom stereocenters. The lowest BCUT2D eigenvalue weighted by Crippen LogP contribution is -2.30. The van der Waals surface area contributed by atoms with Gasteiger partial charge in [-0.15, -0.1) is 0 Å². The number of aliphatic hydroxyl groups excluding tert-OH is 1. The lowest BCUT2D eigenvalue weighted by molar-refractivity contribution is 0.118. The molecule has 1 N–H and O–H groups in total. The highest BCUT2D eigenvalue weighted by atomic mass is 16.3. The fraction of sp³-hybridized carbons (Fsp3) is 0.450. The van der Waals surface area contributed by atoms with Gasteiger partial charge in [-0.3, -0.25) is 4.90 Å². The molecule has 1 aliphatic heterocycles. The first kappa shape index (κ1) is 16.8. The molecule has 4 heteroatoms. The number of hydrogen-bond donors (Lipinski definition) is 1. The van der Waals surface area contributed by atoms with Gasteiger partial charge in [0.1, 0.15) is 11.8 Å². The average Bonchev–Trinajstić information content (AvgIpc) is 3.15. The average molecular weight is 323 g/mol. The first-order chi connectivity index (χ1) is 11.6. The molecule has 2 heterocycles. The molecule has 1 aliphatic rings. The van der Waals surface area contributed by atoms with Crippen LogP contribution in [0.15, 0.2) is 36.4 Å². The van der Waals surface area contributed by atoms with Gasteiger partial charge in [-0.25, -0.2) is 0 Å². The number of hydrogen-bond acceptors (Lipinski definition) is 3. The molecule has 0 amide bonds. The topological polar surface area (TPSA) is 52.2 Å². The van der Waals surface area contributed by atoms with Gasteiger partial charge < -0.3 is 9.67 Å². The van der Waals surface area contributed by atoms with Crippen LogP contribution in [0.5, 0.6) is 0 Å². The van der Waals surface area contributed by atoms with E-state index in [0.717, 1.165) is 37.2 Å². The summed E-state index contributed by atoms with van der Waals surface area (Å²) in [7, 11) is 1.94. The van der Waals surface area contributed by atoms with E-state index < -0.39 is 6.10 Å². The molecule has 4 nitrogen and oxygen atoms in total. The van der Waals surface area contributed by atoms with Gasteiger partial charge >= 0.3 is 0 Å². The minimum absolute atomic E-state index is 0.394. The third-order valence-electron chi connectivity index (χ3n) is 5.31. The first-order valence-corrected chi connectivity index (χ1v) is 8.62. The lowest BCUT2D eigenvalue weighted by Gasteiger charge is -2.26. The molecule has 3 rings (SSSR count). The van der Waals surface area contributed by atoms with Crippen LogP contribution in [-0.4, -0.2) is 27.2 Å². The summed E-state index contributed by atoms with van der Waals surface area (Å²) < 4.78 is 1.96. The Morgan fingerprint density at radius 2 is 2.08 bits per heavy atom. The highest BCUT2D eigenvalue weighted by molar-refractivity contribution is 5.34. The monoisotopic (exact) mass is 323 g/mol. The maximum atomic E-state index is 10.5. The van der Waals surface area contributed by atoms with Gasteiger partial charge in [-0.2, -0.15) is 5.26 Å². The maximum Gasteiger partial charge on any atom is 0.120 e. The van der Waals surface area contributed by atoms with Crippen molar-refractivity contribution in [3.63, 3.8) is 0 Å². The number of nitriles is 1. The molecule has 0 aliphatic carbocycles. The Morgan fingerprint density at radius 3 is 2.75 bits per heavy atom. The molecule has 1 fully saturated rings. The van der Waals surface area contributed by atoms with Crippen molar-refractivity contribution < 1.29 is 5.11 Å². The van der Waals surface area contributed by atoms with E-state index in [1.165, 1.54) is 12.0 Å². The molecule has 2 aromatic rings. The van der Waals surface area contributed by atoms with Crippen molar-refractivity contribution in [2.24, 2.45) is 7.05 Å². The molecular formula is C20H25N3O. The van der Waals surface area contributed by atoms with E-state index in [9.17, 15) is 10.4 Å². The van der Waals surface area contributed by atoms with Crippen molar-refractivity contribution in [1.29, 1.82) is 5.26 Å². The van der Waals surface area contributed by atoms with Crippen molar-refractivity contribution in [2.45, 2.75) is 44.9 Å². The van der Waals surface area contributed by atoms with Gasteiger partial charge in [0.15, 0.2) is 0 Å². The predicted octanol–water partition coefficient (Wildman–Crippen LogP) is 3.29. The molecule has 0 radical (unpaired) electrons. The maximum absolute atomic E-state index is 10.5. The zero-order valence-electron chi connectivity index (χ0n) is 14.4. The summed E-state index contributed by atoms with van der Waals surface area (Å²) in [4.78, 5) is 2.45. The smallest absolute Gasteiger partial charge is 0.120 e.